The Morgan fingerprint density at radius 3 is 2.43 bits per heavy atom. The molecule has 1 atom stereocenters. The predicted molar refractivity (Wildman–Crippen MR) is 81.5 cm³/mol. The van der Waals surface area contributed by atoms with Crippen LogP contribution >= 0.6 is 0 Å². The number of halogens is 1. The zero-order chi connectivity index (χ0) is 15.2. The summed E-state index contributed by atoms with van der Waals surface area (Å²) in [5, 5.41) is 3.14. The molecular formula is C17H20FNO2. The fraction of sp³-hybridized carbons (Fsp3) is 0.294. The topological polar surface area (TPSA) is 30.5 Å². The van der Waals surface area contributed by atoms with E-state index >= 15 is 0 Å². The van der Waals surface area contributed by atoms with Gasteiger partial charge in [0.15, 0.2) is 11.6 Å². The summed E-state index contributed by atoms with van der Waals surface area (Å²) in [4.78, 5) is 0. The number of rotatable bonds is 6. The average Bonchev–Trinajstić information content (AvgIpc) is 2.51. The predicted octanol–water partition coefficient (Wildman–Crippen LogP) is 3.54. The second kappa shape index (κ2) is 7.09. The van der Waals surface area contributed by atoms with E-state index in [4.69, 9.17) is 9.47 Å². The average molecular weight is 289 g/mol. The number of benzene rings is 2. The molecule has 21 heavy (non-hydrogen) atoms. The minimum absolute atomic E-state index is 0.240. The van der Waals surface area contributed by atoms with Crippen LogP contribution in [0.25, 0.3) is 0 Å². The summed E-state index contributed by atoms with van der Waals surface area (Å²) in [6, 6.07) is 12.6. The Morgan fingerprint density at radius 2 is 1.86 bits per heavy atom. The van der Waals surface area contributed by atoms with Crippen molar-refractivity contribution < 1.29 is 13.9 Å². The highest BCUT2D eigenvalue weighted by Gasteiger charge is 2.18. The summed E-state index contributed by atoms with van der Waals surface area (Å²) in [5.41, 5.74) is 1.52. The van der Waals surface area contributed by atoms with E-state index in [1.807, 2.05) is 31.2 Å². The molecule has 1 unspecified atom stereocenters. The lowest BCUT2D eigenvalue weighted by molar-refractivity contribution is 0.340. The van der Waals surface area contributed by atoms with E-state index in [0.717, 1.165) is 11.3 Å². The van der Waals surface area contributed by atoms with Gasteiger partial charge in [-0.25, -0.2) is 4.39 Å². The Hall–Kier alpha value is -2.07. The van der Waals surface area contributed by atoms with Gasteiger partial charge in [-0.15, -0.1) is 0 Å². The van der Waals surface area contributed by atoms with E-state index in [0.29, 0.717) is 12.2 Å². The second-order valence-corrected chi connectivity index (χ2v) is 4.59. The van der Waals surface area contributed by atoms with Crippen molar-refractivity contribution in [3.63, 3.8) is 0 Å². The molecule has 0 radical (unpaired) electrons. The van der Waals surface area contributed by atoms with Crippen LogP contribution in [0.1, 0.15) is 24.1 Å². The lowest BCUT2D eigenvalue weighted by atomic mass is 9.98. The number of hydrogen-bond donors (Lipinski definition) is 1. The maximum atomic E-state index is 14.4. The lowest BCUT2D eigenvalue weighted by Gasteiger charge is -2.19. The molecule has 3 nitrogen and oxygen atoms in total. The molecule has 0 bridgehead atoms. The highest BCUT2D eigenvalue weighted by Crippen LogP contribution is 2.29. The molecule has 1 N–H and O–H groups in total. The maximum Gasteiger partial charge on any atom is 0.170 e. The van der Waals surface area contributed by atoms with E-state index in [-0.39, 0.29) is 17.6 Å². The van der Waals surface area contributed by atoms with Gasteiger partial charge in [0.2, 0.25) is 0 Å². The van der Waals surface area contributed by atoms with E-state index in [1.165, 1.54) is 7.11 Å². The molecule has 0 aromatic heterocycles. The molecule has 2 aromatic carbocycles. The van der Waals surface area contributed by atoms with Gasteiger partial charge in [0.05, 0.1) is 19.8 Å². The van der Waals surface area contributed by atoms with Crippen LogP contribution in [0.15, 0.2) is 42.5 Å². The van der Waals surface area contributed by atoms with Gasteiger partial charge >= 0.3 is 0 Å². The Morgan fingerprint density at radius 1 is 1.14 bits per heavy atom. The Bertz CT molecular complexity index is 584. The molecule has 0 amide bonds. The van der Waals surface area contributed by atoms with Gasteiger partial charge in [-0.2, -0.15) is 0 Å². The SMILES string of the molecule is CCOc1ccc(C(NC)c2cccc(OC)c2F)cc1. The zero-order valence-electron chi connectivity index (χ0n) is 12.5. The van der Waals surface area contributed by atoms with Gasteiger partial charge in [0.25, 0.3) is 0 Å². The first kappa shape index (κ1) is 15.3. The smallest absolute Gasteiger partial charge is 0.170 e. The first-order chi connectivity index (χ1) is 10.2. The summed E-state index contributed by atoms with van der Waals surface area (Å²) in [6.45, 7) is 2.56. The van der Waals surface area contributed by atoms with Crippen LogP contribution in [-0.4, -0.2) is 20.8 Å². The van der Waals surface area contributed by atoms with Crippen molar-refractivity contribution >= 4 is 0 Å². The first-order valence-electron chi connectivity index (χ1n) is 6.93. The largest absolute Gasteiger partial charge is 0.494 e. The minimum atomic E-state index is -0.340. The summed E-state index contributed by atoms with van der Waals surface area (Å²) in [5.74, 6) is 0.717. The van der Waals surface area contributed by atoms with E-state index in [2.05, 4.69) is 5.32 Å². The summed E-state index contributed by atoms with van der Waals surface area (Å²) in [7, 11) is 3.27. The third-order valence-corrected chi connectivity index (χ3v) is 3.34. The van der Waals surface area contributed by atoms with Crippen molar-refractivity contribution in [3.8, 4) is 11.5 Å². The lowest BCUT2D eigenvalue weighted by Crippen LogP contribution is -2.19. The molecule has 112 valence electrons. The monoisotopic (exact) mass is 289 g/mol. The molecule has 0 saturated heterocycles. The Labute approximate surface area is 124 Å². The highest BCUT2D eigenvalue weighted by molar-refractivity contribution is 5.40. The van der Waals surface area contributed by atoms with Crippen LogP contribution in [-0.2, 0) is 0 Å². The van der Waals surface area contributed by atoms with Gasteiger partial charge in [-0.1, -0.05) is 24.3 Å². The van der Waals surface area contributed by atoms with Crippen molar-refractivity contribution in [3.05, 3.63) is 59.4 Å². The van der Waals surface area contributed by atoms with E-state index < -0.39 is 0 Å². The van der Waals surface area contributed by atoms with Gasteiger partial charge in [0, 0.05) is 5.56 Å². The highest BCUT2D eigenvalue weighted by atomic mass is 19.1. The molecule has 4 heteroatoms. The van der Waals surface area contributed by atoms with Crippen molar-refractivity contribution in [2.75, 3.05) is 20.8 Å². The third kappa shape index (κ3) is 3.34. The molecule has 0 fully saturated rings. The second-order valence-electron chi connectivity index (χ2n) is 4.59. The summed E-state index contributed by atoms with van der Waals surface area (Å²) >= 11 is 0. The van der Waals surface area contributed by atoms with Crippen molar-refractivity contribution in [1.82, 2.24) is 5.32 Å². The van der Waals surface area contributed by atoms with Crippen LogP contribution in [0.2, 0.25) is 0 Å². The molecule has 0 spiro atoms. The molecule has 2 aromatic rings. The van der Waals surface area contributed by atoms with Crippen molar-refractivity contribution in [2.45, 2.75) is 13.0 Å². The minimum Gasteiger partial charge on any atom is -0.494 e. The van der Waals surface area contributed by atoms with Crippen molar-refractivity contribution in [2.24, 2.45) is 0 Å². The van der Waals surface area contributed by atoms with Crippen LogP contribution in [0.4, 0.5) is 4.39 Å². The van der Waals surface area contributed by atoms with Gasteiger partial charge in [-0.05, 0) is 37.7 Å². The number of methoxy groups -OCH3 is 1. The molecular weight excluding hydrogens is 269 g/mol. The molecule has 0 saturated carbocycles. The Kier molecular flexibility index (Phi) is 5.17. The molecule has 0 aliphatic carbocycles. The van der Waals surface area contributed by atoms with Crippen LogP contribution < -0.4 is 14.8 Å². The van der Waals surface area contributed by atoms with Crippen LogP contribution in [0, 0.1) is 5.82 Å². The normalized spacial score (nSPS) is 12.0. The number of nitrogens with one attached hydrogen (secondary N) is 1. The number of hydrogen-bond acceptors (Lipinski definition) is 3. The van der Waals surface area contributed by atoms with Crippen molar-refractivity contribution in [1.29, 1.82) is 0 Å². The quantitative estimate of drug-likeness (QED) is 0.882. The molecule has 2 rings (SSSR count). The molecule has 0 aliphatic heterocycles. The first-order valence-corrected chi connectivity index (χ1v) is 6.93. The fourth-order valence-corrected chi connectivity index (χ4v) is 2.33. The number of ether oxygens (including phenoxy) is 2. The summed E-state index contributed by atoms with van der Waals surface area (Å²) < 4.78 is 24.9. The summed E-state index contributed by atoms with van der Waals surface area (Å²) in [6.07, 6.45) is 0. The Balaban J connectivity index is 2.35. The van der Waals surface area contributed by atoms with Gasteiger partial charge < -0.3 is 14.8 Å². The van der Waals surface area contributed by atoms with Crippen LogP contribution in [0.3, 0.4) is 0 Å². The third-order valence-electron chi connectivity index (χ3n) is 3.34. The van der Waals surface area contributed by atoms with E-state index in [9.17, 15) is 4.39 Å². The fourth-order valence-electron chi connectivity index (χ4n) is 2.33. The zero-order valence-corrected chi connectivity index (χ0v) is 12.5. The molecule has 0 heterocycles. The van der Waals surface area contributed by atoms with Gasteiger partial charge in [0.1, 0.15) is 5.75 Å². The van der Waals surface area contributed by atoms with E-state index in [1.54, 1.807) is 25.2 Å². The molecule has 0 aliphatic rings. The van der Waals surface area contributed by atoms with Gasteiger partial charge in [-0.3, -0.25) is 0 Å². The van der Waals surface area contributed by atoms with Crippen LogP contribution in [0.5, 0.6) is 11.5 Å². The standard InChI is InChI=1S/C17H20FNO2/c1-4-21-13-10-8-12(9-11-13)17(19-2)14-6-5-7-15(20-3)16(14)18/h5-11,17,19H,4H2,1-3H3. The maximum absolute atomic E-state index is 14.4.